The first kappa shape index (κ1) is 31.4. The van der Waals surface area contributed by atoms with E-state index in [4.69, 9.17) is 39.5 Å². The maximum absolute atomic E-state index is 13.2. The van der Waals surface area contributed by atoms with Gasteiger partial charge in [0.15, 0.2) is 0 Å². The molecule has 0 saturated carbocycles. The Kier molecular flexibility index (Phi) is 10.9. The fourth-order valence-electron chi connectivity index (χ4n) is 4.91. The number of halogens is 3. The van der Waals surface area contributed by atoms with Gasteiger partial charge in [-0.15, -0.1) is 0 Å². The molecule has 12 heteroatoms. The van der Waals surface area contributed by atoms with Crippen molar-refractivity contribution in [3.63, 3.8) is 0 Å². The first-order chi connectivity index (χ1) is 20.2. The summed E-state index contributed by atoms with van der Waals surface area (Å²) < 4.78 is 5.09. The monoisotopic (exact) mass is 632 g/mol. The van der Waals surface area contributed by atoms with Gasteiger partial charge in [0.2, 0.25) is 0 Å². The molecule has 4 amide bonds. The summed E-state index contributed by atoms with van der Waals surface area (Å²) in [6.45, 7) is 1.69. The molecule has 2 aromatic rings. The smallest absolute Gasteiger partial charge is 0.330 e. The molecule has 1 unspecified atom stereocenters. The molecule has 0 heterocycles. The Bertz CT molecular complexity index is 1420. The third-order valence-electron chi connectivity index (χ3n) is 6.95. The van der Waals surface area contributed by atoms with Gasteiger partial charge in [-0.25, -0.2) is 9.59 Å². The maximum Gasteiger partial charge on any atom is 0.330 e. The quantitative estimate of drug-likeness (QED) is 0.263. The van der Waals surface area contributed by atoms with Gasteiger partial charge in [-0.1, -0.05) is 64.7 Å². The lowest BCUT2D eigenvalue weighted by Crippen LogP contribution is -2.52. The minimum absolute atomic E-state index is 0.0727. The second-order valence-corrected chi connectivity index (χ2v) is 11.1. The Labute approximate surface area is 259 Å². The van der Waals surface area contributed by atoms with Crippen LogP contribution < -0.4 is 21.3 Å². The summed E-state index contributed by atoms with van der Waals surface area (Å²) in [6.07, 6.45) is 7.91. The molecule has 9 nitrogen and oxygen atoms in total. The Morgan fingerprint density at radius 1 is 1.00 bits per heavy atom. The highest BCUT2D eigenvalue weighted by Gasteiger charge is 2.29. The number of amides is 4. The van der Waals surface area contributed by atoms with Gasteiger partial charge in [0.1, 0.15) is 6.04 Å². The van der Waals surface area contributed by atoms with E-state index in [1.807, 2.05) is 6.07 Å². The van der Waals surface area contributed by atoms with Crippen LogP contribution in [-0.2, 0) is 16.1 Å². The van der Waals surface area contributed by atoms with Gasteiger partial charge in [0, 0.05) is 17.1 Å². The molecule has 4 rings (SSSR count). The molecule has 2 aliphatic carbocycles. The molecule has 42 heavy (non-hydrogen) atoms. The van der Waals surface area contributed by atoms with Gasteiger partial charge in [0.25, 0.3) is 11.8 Å². The van der Waals surface area contributed by atoms with Crippen molar-refractivity contribution >= 4 is 58.6 Å². The molecule has 2 atom stereocenters. The molecule has 0 bridgehead atoms. The maximum atomic E-state index is 13.2. The summed E-state index contributed by atoms with van der Waals surface area (Å²) in [6, 6.07) is 7.86. The molecule has 0 fully saturated rings. The second-order valence-electron chi connectivity index (χ2n) is 9.85. The molecule has 0 saturated heterocycles. The van der Waals surface area contributed by atoms with Crippen molar-refractivity contribution in [1.29, 1.82) is 0 Å². The molecule has 0 radical (unpaired) electrons. The lowest BCUT2D eigenvalue weighted by molar-refractivity contribution is -0.145. The highest BCUT2D eigenvalue weighted by molar-refractivity contribution is 6.40. The fraction of sp³-hybridized carbons (Fsp3) is 0.333. The largest absolute Gasteiger partial charge is 0.464 e. The van der Waals surface area contributed by atoms with E-state index in [0.717, 1.165) is 36.8 Å². The molecule has 2 aliphatic rings. The first-order valence-corrected chi connectivity index (χ1v) is 14.7. The van der Waals surface area contributed by atoms with E-state index >= 15 is 0 Å². The molecule has 222 valence electrons. The van der Waals surface area contributed by atoms with Crippen molar-refractivity contribution < 1.29 is 23.9 Å². The van der Waals surface area contributed by atoms with Gasteiger partial charge in [-0.3, -0.25) is 9.59 Å². The minimum atomic E-state index is -1.22. The van der Waals surface area contributed by atoms with Crippen molar-refractivity contribution in [2.75, 3.05) is 13.2 Å². The number of rotatable bonds is 10. The summed E-state index contributed by atoms with van der Waals surface area (Å²) >= 11 is 18.7. The molecular weight excluding hydrogens is 603 g/mol. The SMILES string of the molecule is CCOC(=O)[C@H](CNC(=O)NC1CCC2=C1C=CCC2)NC(=O)c1c(Cl)cc(C(=O)NCc2cccc(Cl)c2)cc1Cl. The average Bonchev–Trinajstić information content (AvgIpc) is 3.36. The summed E-state index contributed by atoms with van der Waals surface area (Å²) in [4.78, 5) is 51.2. The van der Waals surface area contributed by atoms with Crippen molar-refractivity contribution in [2.45, 2.75) is 51.2 Å². The minimum Gasteiger partial charge on any atom is -0.464 e. The average molecular weight is 634 g/mol. The molecule has 4 N–H and O–H groups in total. The van der Waals surface area contributed by atoms with E-state index in [9.17, 15) is 19.2 Å². The molecule has 0 spiro atoms. The van der Waals surface area contributed by atoms with Crippen LogP contribution >= 0.6 is 34.8 Å². The third-order valence-corrected chi connectivity index (χ3v) is 7.78. The molecule has 0 aliphatic heterocycles. The molecule has 2 aromatic carbocycles. The lowest BCUT2D eigenvalue weighted by Gasteiger charge is -2.21. The van der Waals surface area contributed by atoms with Crippen LogP contribution in [0.1, 0.15) is 58.9 Å². The zero-order chi connectivity index (χ0) is 30.2. The van der Waals surface area contributed by atoms with E-state index in [2.05, 4.69) is 33.4 Å². The van der Waals surface area contributed by atoms with Crippen LogP contribution in [0.5, 0.6) is 0 Å². The first-order valence-electron chi connectivity index (χ1n) is 13.6. The number of nitrogens with one attached hydrogen (secondary N) is 4. The standard InChI is InChI=1S/C30H31Cl3N4O5/c1-2-42-29(40)25(16-35-30(41)37-24-11-10-18-7-3-4-9-21(18)24)36-28(39)26-22(32)13-19(14-23(26)33)27(38)34-15-17-6-5-8-20(31)12-17/h4-6,8-9,12-14,24-25H,2-3,7,10-11,15-16H2,1H3,(H,34,38)(H,36,39)(H2,35,37,41)/t24?,25-/m0/s1. The Morgan fingerprint density at radius 2 is 1.76 bits per heavy atom. The Morgan fingerprint density at radius 3 is 2.48 bits per heavy atom. The summed E-state index contributed by atoms with van der Waals surface area (Å²) in [7, 11) is 0. The number of ether oxygens (including phenoxy) is 1. The number of carbonyl (C=O) groups excluding carboxylic acids is 4. The van der Waals surface area contributed by atoms with E-state index in [1.165, 1.54) is 17.7 Å². The van der Waals surface area contributed by atoms with Crippen LogP contribution in [0.3, 0.4) is 0 Å². The van der Waals surface area contributed by atoms with Crippen LogP contribution in [0, 0.1) is 0 Å². The summed E-state index contributed by atoms with van der Waals surface area (Å²) in [5, 5.41) is 11.2. The van der Waals surface area contributed by atoms with E-state index in [-0.39, 0.29) is 46.9 Å². The van der Waals surface area contributed by atoms with Crippen molar-refractivity contribution in [1.82, 2.24) is 21.3 Å². The fourth-order valence-corrected chi connectivity index (χ4v) is 5.78. The zero-order valence-electron chi connectivity index (χ0n) is 22.9. The van der Waals surface area contributed by atoms with E-state index < -0.39 is 29.9 Å². The number of hydrogen-bond acceptors (Lipinski definition) is 5. The van der Waals surface area contributed by atoms with Crippen molar-refractivity contribution in [3.05, 3.63) is 91.5 Å². The normalized spacial score (nSPS) is 16.3. The van der Waals surface area contributed by atoms with Crippen LogP contribution in [0.2, 0.25) is 15.1 Å². The van der Waals surface area contributed by atoms with Crippen LogP contribution in [-0.4, -0.2) is 49.1 Å². The van der Waals surface area contributed by atoms with Gasteiger partial charge >= 0.3 is 12.0 Å². The van der Waals surface area contributed by atoms with Crippen LogP contribution in [0.15, 0.2) is 59.7 Å². The molecular formula is C30H31Cl3N4O5. The number of esters is 1. The second kappa shape index (κ2) is 14.6. The van der Waals surface area contributed by atoms with Gasteiger partial charge in [-0.2, -0.15) is 0 Å². The Balaban J connectivity index is 1.38. The Hall–Kier alpha value is -3.53. The zero-order valence-corrected chi connectivity index (χ0v) is 25.2. The third kappa shape index (κ3) is 8.06. The number of carbonyl (C=O) groups is 4. The molecule has 0 aromatic heterocycles. The predicted octanol–water partition coefficient (Wildman–Crippen LogP) is 5.35. The van der Waals surface area contributed by atoms with Crippen LogP contribution in [0.4, 0.5) is 4.79 Å². The number of urea groups is 1. The van der Waals surface area contributed by atoms with E-state index in [0.29, 0.717) is 5.02 Å². The number of allylic oxidation sites excluding steroid dienone is 2. The van der Waals surface area contributed by atoms with Gasteiger partial charge in [0.05, 0.1) is 34.8 Å². The topological polar surface area (TPSA) is 126 Å². The van der Waals surface area contributed by atoms with E-state index in [1.54, 1.807) is 25.1 Å². The lowest BCUT2D eigenvalue weighted by atomic mass is 9.99. The highest BCUT2D eigenvalue weighted by Crippen LogP contribution is 2.33. The van der Waals surface area contributed by atoms with Crippen LogP contribution in [0.25, 0.3) is 0 Å². The number of hydrogen-bond donors (Lipinski definition) is 4. The van der Waals surface area contributed by atoms with Gasteiger partial charge < -0.3 is 26.0 Å². The summed E-state index contributed by atoms with van der Waals surface area (Å²) in [5.41, 5.74) is 3.31. The number of benzene rings is 2. The summed E-state index contributed by atoms with van der Waals surface area (Å²) in [5.74, 6) is -1.97. The van der Waals surface area contributed by atoms with Crippen molar-refractivity contribution in [2.24, 2.45) is 0 Å². The highest BCUT2D eigenvalue weighted by atomic mass is 35.5. The van der Waals surface area contributed by atoms with Gasteiger partial charge in [-0.05, 0) is 68.0 Å². The van der Waals surface area contributed by atoms with Crippen molar-refractivity contribution in [3.8, 4) is 0 Å². The predicted molar refractivity (Wildman–Crippen MR) is 162 cm³/mol.